The Bertz CT molecular complexity index is 538. The largest absolute Gasteiger partial charge is 0.376 e. The summed E-state index contributed by atoms with van der Waals surface area (Å²) in [5.74, 6) is 0.943. The van der Waals surface area contributed by atoms with E-state index < -0.39 is 0 Å². The van der Waals surface area contributed by atoms with E-state index in [9.17, 15) is 0 Å². The fourth-order valence-electron chi connectivity index (χ4n) is 2.22. The molecule has 6 heteroatoms. The third-order valence-electron chi connectivity index (χ3n) is 3.30. The Balaban J connectivity index is 1.81. The van der Waals surface area contributed by atoms with Crippen LogP contribution < -0.4 is 5.73 Å². The van der Waals surface area contributed by atoms with Crippen LogP contribution >= 0.6 is 0 Å². The number of hydrogen-bond donors (Lipinski definition) is 1. The standard InChI is InChI=1S/C14H17N3O3/c15-8-11(10-4-2-1-3-5-10)14-16-13(17-20-14)12-9-18-6-7-19-12/h1-5,11-12H,6-9,15H2. The fourth-order valence-corrected chi connectivity index (χ4v) is 2.22. The second-order valence-corrected chi connectivity index (χ2v) is 4.62. The highest BCUT2D eigenvalue weighted by Gasteiger charge is 2.25. The van der Waals surface area contributed by atoms with Gasteiger partial charge in [-0.3, -0.25) is 0 Å². The van der Waals surface area contributed by atoms with Crippen molar-refractivity contribution in [2.75, 3.05) is 26.4 Å². The quantitative estimate of drug-likeness (QED) is 0.904. The third-order valence-corrected chi connectivity index (χ3v) is 3.30. The lowest BCUT2D eigenvalue weighted by Gasteiger charge is -2.19. The highest BCUT2D eigenvalue weighted by Crippen LogP contribution is 2.24. The predicted octanol–water partition coefficient (Wildman–Crippen LogP) is 1.25. The lowest BCUT2D eigenvalue weighted by molar-refractivity contribution is -0.0941. The van der Waals surface area contributed by atoms with E-state index in [2.05, 4.69) is 10.1 Å². The van der Waals surface area contributed by atoms with E-state index in [1.165, 1.54) is 0 Å². The van der Waals surface area contributed by atoms with Gasteiger partial charge in [-0.05, 0) is 5.56 Å². The Labute approximate surface area is 116 Å². The van der Waals surface area contributed by atoms with E-state index in [1.54, 1.807) is 0 Å². The molecule has 1 aliphatic rings. The van der Waals surface area contributed by atoms with Gasteiger partial charge < -0.3 is 19.7 Å². The molecule has 1 aromatic heterocycles. The molecular formula is C14H17N3O3. The highest BCUT2D eigenvalue weighted by molar-refractivity contribution is 5.25. The van der Waals surface area contributed by atoms with Gasteiger partial charge in [0, 0.05) is 6.54 Å². The molecule has 2 aromatic rings. The van der Waals surface area contributed by atoms with Crippen LogP contribution in [0.3, 0.4) is 0 Å². The second kappa shape index (κ2) is 6.13. The summed E-state index contributed by atoms with van der Waals surface area (Å²) in [5, 5.41) is 3.99. The van der Waals surface area contributed by atoms with Gasteiger partial charge in [-0.1, -0.05) is 35.5 Å². The van der Waals surface area contributed by atoms with Crippen LogP contribution in [0.2, 0.25) is 0 Å². The van der Waals surface area contributed by atoms with E-state index >= 15 is 0 Å². The Morgan fingerprint density at radius 1 is 1.25 bits per heavy atom. The van der Waals surface area contributed by atoms with E-state index in [1.807, 2.05) is 30.3 Å². The van der Waals surface area contributed by atoms with Crippen LogP contribution in [0.1, 0.15) is 29.3 Å². The summed E-state index contributed by atoms with van der Waals surface area (Å²) in [7, 11) is 0. The summed E-state index contributed by atoms with van der Waals surface area (Å²) < 4.78 is 16.2. The summed E-state index contributed by atoms with van der Waals surface area (Å²) in [6, 6.07) is 9.90. The molecule has 0 spiro atoms. The zero-order valence-electron chi connectivity index (χ0n) is 11.1. The maximum absolute atomic E-state index is 5.84. The molecule has 2 unspecified atom stereocenters. The maximum atomic E-state index is 5.84. The SMILES string of the molecule is NCC(c1ccccc1)c1nc(C2COCCO2)no1. The average Bonchev–Trinajstić information content (AvgIpc) is 3.00. The van der Waals surface area contributed by atoms with Gasteiger partial charge in [0.25, 0.3) is 0 Å². The molecule has 106 valence electrons. The monoisotopic (exact) mass is 275 g/mol. The first-order valence-electron chi connectivity index (χ1n) is 6.66. The first-order chi connectivity index (χ1) is 9.88. The first kappa shape index (κ1) is 13.2. The number of benzene rings is 1. The van der Waals surface area contributed by atoms with Crippen LogP contribution in [0, 0.1) is 0 Å². The third kappa shape index (κ3) is 2.72. The van der Waals surface area contributed by atoms with Crippen molar-refractivity contribution in [3.63, 3.8) is 0 Å². The van der Waals surface area contributed by atoms with Crippen molar-refractivity contribution in [3.8, 4) is 0 Å². The second-order valence-electron chi connectivity index (χ2n) is 4.62. The molecule has 1 aromatic carbocycles. The number of nitrogens with two attached hydrogens (primary N) is 1. The van der Waals surface area contributed by atoms with Gasteiger partial charge in [-0.15, -0.1) is 0 Å². The minimum Gasteiger partial charge on any atom is -0.376 e. The van der Waals surface area contributed by atoms with Gasteiger partial charge in [0.1, 0.15) is 6.10 Å². The van der Waals surface area contributed by atoms with Crippen molar-refractivity contribution in [2.45, 2.75) is 12.0 Å². The molecule has 20 heavy (non-hydrogen) atoms. The van der Waals surface area contributed by atoms with Crippen LogP contribution in [-0.2, 0) is 9.47 Å². The van der Waals surface area contributed by atoms with Gasteiger partial charge in [-0.25, -0.2) is 0 Å². The van der Waals surface area contributed by atoms with E-state index in [0.717, 1.165) is 5.56 Å². The minimum atomic E-state index is -0.254. The van der Waals surface area contributed by atoms with E-state index in [0.29, 0.717) is 38.1 Å². The molecule has 3 rings (SSSR count). The van der Waals surface area contributed by atoms with Crippen LogP contribution in [0.4, 0.5) is 0 Å². The average molecular weight is 275 g/mol. The van der Waals surface area contributed by atoms with E-state index in [-0.39, 0.29) is 12.0 Å². The molecule has 1 aliphatic heterocycles. The number of aromatic nitrogens is 2. The van der Waals surface area contributed by atoms with E-state index in [4.69, 9.17) is 19.7 Å². The van der Waals surface area contributed by atoms with Gasteiger partial charge in [0.05, 0.1) is 25.7 Å². The van der Waals surface area contributed by atoms with Gasteiger partial charge in [-0.2, -0.15) is 4.98 Å². The Morgan fingerprint density at radius 2 is 2.10 bits per heavy atom. The van der Waals surface area contributed by atoms with Crippen LogP contribution in [0.5, 0.6) is 0 Å². The van der Waals surface area contributed by atoms with Crippen molar-refractivity contribution in [2.24, 2.45) is 5.73 Å². The smallest absolute Gasteiger partial charge is 0.235 e. The number of hydrogen-bond acceptors (Lipinski definition) is 6. The normalized spacial score (nSPS) is 20.8. The molecule has 2 heterocycles. The van der Waals surface area contributed by atoms with Crippen molar-refractivity contribution >= 4 is 0 Å². The van der Waals surface area contributed by atoms with Crippen molar-refractivity contribution in [1.29, 1.82) is 0 Å². The Morgan fingerprint density at radius 3 is 2.80 bits per heavy atom. The molecule has 0 aliphatic carbocycles. The summed E-state index contributed by atoms with van der Waals surface area (Å²) in [4.78, 5) is 4.42. The van der Waals surface area contributed by atoms with Gasteiger partial charge >= 0.3 is 0 Å². The summed E-state index contributed by atoms with van der Waals surface area (Å²) in [6.07, 6.45) is -0.254. The number of ether oxygens (including phenoxy) is 2. The van der Waals surface area contributed by atoms with Crippen LogP contribution in [0.15, 0.2) is 34.9 Å². The minimum absolute atomic E-state index is 0.0954. The van der Waals surface area contributed by atoms with Crippen molar-refractivity contribution in [3.05, 3.63) is 47.6 Å². The van der Waals surface area contributed by atoms with Crippen molar-refractivity contribution in [1.82, 2.24) is 10.1 Å². The zero-order valence-corrected chi connectivity index (χ0v) is 11.1. The number of nitrogens with zero attached hydrogens (tertiary/aromatic N) is 2. The topological polar surface area (TPSA) is 83.4 Å². The Kier molecular flexibility index (Phi) is 4.05. The molecule has 2 N–H and O–H groups in total. The molecule has 1 saturated heterocycles. The summed E-state index contributed by atoms with van der Waals surface area (Å²) >= 11 is 0. The van der Waals surface area contributed by atoms with Crippen molar-refractivity contribution < 1.29 is 14.0 Å². The molecule has 0 bridgehead atoms. The predicted molar refractivity (Wildman–Crippen MR) is 71.1 cm³/mol. The molecule has 0 radical (unpaired) electrons. The number of rotatable bonds is 4. The summed E-state index contributed by atoms with van der Waals surface area (Å²) in [5.41, 5.74) is 6.90. The fraction of sp³-hybridized carbons (Fsp3) is 0.429. The molecular weight excluding hydrogens is 258 g/mol. The summed E-state index contributed by atoms with van der Waals surface area (Å²) in [6.45, 7) is 2.02. The Hall–Kier alpha value is -1.76. The van der Waals surface area contributed by atoms with Gasteiger partial charge in [0.2, 0.25) is 11.7 Å². The molecule has 6 nitrogen and oxygen atoms in total. The molecule has 0 saturated carbocycles. The lowest BCUT2D eigenvalue weighted by Crippen LogP contribution is -2.23. The maximum Gasteiger partial charge on any atom is 0.235 e. The molecule has 2 atom stereocenters. The van der Waals surface area contributed by atoms with Crippen LogP contribution in [-0.4, -0.2) is 36.5 Å². The van der Waals surface area contributed by atoms with Gasteiger partial charge in [0.15, 0.2) is 0 Å². The first-order valence-corrected chi connectivity index (χ1v) is 6.66. The highest BCUT2D eigenvalue weighted by atomic mass is 16.6. The zero-order chi connectivity index (χ0) is 13.8. The van der Waals surface area contributed by atoms with Crippen LogP contribution in [0.25, 0.3) is 0 Å². The molecule has 0 amide bonds. The molecule has 1 fully saturated rings. The lowest BCUT2D eigenvalue weighted by atomic mass is 9.99.